The minimum absolute atomic E-state index is 0.0426. The first-order chi connectivity index (χ1) is 9.68. The summed E-state index contributed by atoms with van der Waals surface area (Å²) in [7, 11) is -7.01. The summed E-state index contributed by atoms with van der Waals surface area (Å²) in [6.07, 6.45) is 3.09. The normalized spacial score (nSPS) is 23.9. The maximum Gasteiger partial charge on any atom is 0.240 e. The summed E-state index contributed by atoms with van der Waals surface area (Å²) in [6, 6.07) is 4.96. The maximum atomic E-state index is 12.2. The van der Waals surface area contributed by atoms with Gasteiger partial charge < -0.3 is 5.11 Å². The molecule has 1 aliphatic carbocycles. The Balaban J connectivity index is 2.13. The van der Waals surface area contributed by atoms with Crippen molar-refractivity contribution in [3.8, 4) is 0 Å². The highest BCUT2D eigenvalue weighted by atomic mass is 32.2. The number of nitrogens with one attached hydrogen (secondary N) is 1. The van der Waals surface area contributed by atoms with Crippen LogP contribution in [0.15, 0.2) is 34.1 Å². The van der Waals surface area contributed by atoms with Crippen molar-refractivity contribution in [3.05, 3.63) is 24.3 Å². The predicted molar refractivity (Wildman–Crippen MR) is 78.1 cm³/mol. The first kappa shape index (κ1) is 16.4. The van der Waals surface area contributed by atoms with Gasteiger partial charge in [0.15, 0.2) is 9.84 Å². The van der Waals surface area contributed by atoms with E-state index in [9.17, 15) is 21.9 Å². The van der Waals surface area contributed by atoms with Crippen LogP contribution in [0.25, 0.3) is 0 Å². The van der Waals surface area contributed by atoms with E-state index in [0.29, 0.717) is 25.7 Å². The second-order valence-corrected chi connectivity index (χ2v) is 9.10. The zero-order valence-corrected chi connectivity index (χ0v) is 13.3. The van der Waals surface area contributed by atoms with Gasteiger partial charge in [-0.15, -0.1) is 0 Å². The average molecular weight is 333 g/mol. The fourth-order valence-corrected chi connectivity index (χ4v) is 4.28. The van der Waals surface area contributed by atoms with Crippen molar-refractivity contribution >= 4 is 19.9 Å². The van der Waals surface area contributed by atoms with E-state index in [2.05, 4.69) is 4.72 Å². The lowest BCUT2D eigenvalue weighted by Crippen LogP contribution is -2.38. The molecule has 0 aliphatic heterocycles. The van der Waals surface area contributed by atoms with E-state index in [0.717, 1.165) is 6.26 Å². The number of benzene rings is 1. The van der Waals surface area contributed by atoms with Gasteiger partial charge in [0.1, 0.15) is 0 Å². The molecular formula is C13H19NO5S2. The lowest BCUT2D eigenvalue weighted by molar-refractivity contribution is 0.120. The first-order valence-corrected chi connectivity index (χ1v) is 10.1. The summed E-state index contributed by atoms with van der Waals surface area (Å²) in [5, 5.41) is 9.41. The van der Waals surface area contributed by atoms with E-state index in [1.54, 1.807) is 0 Å². The molecule has 0 amide bonds. The average Bonchev–Trinajstić information content (AvgIpc) is 2.40. The minimum atomic E-state index is -3.67. The lowest BCUT2D eigenvalue weighted by Gasteiger charge is -2.25. The third-order valence-electron chi connectivity index (χ3n) is 3.58. The van der Waals surface area contributed by atoms with Crippen LogP contribution in [0.1, 0.15) is 25.7 Å². The molecule has 1 aliphatic rings. The molecular weight excluding hydrogens is 314 g/mol. The van der Waals surface area contributed by atoms with Crippen LogP contribution >= 0.6 is 0 Å². The molecule has 0 aromatic heterocycles. The first-order valence-electron chi connectivity index (χ1n) is 6.69. The molecule has 0 bridgehead atoms. The maximum absolute atomic E-state index is 12.2. The highest BCUT2D eigenvalue weighted by Crippen LogP contribution is 2.21. The number of aliphatic hydroxyl groups is 1. The van der Waals surface area contributed by atoms with Crippen molar-refractivity contribution in [2.24, 2.45) is 0 Å². The largest absolute Gasteiger partial charge is 0.393 e. The van der Waals surface area contributed by atoms with Crippen LogP contribution in [0.4, 0.5) is 0 Å². The van der Waals surface area contributed by atoms with E-state index in [1.807, 2.05) is 0 Å². The lowest BCUT2D eigenvalue weighted by atomic mass is 9.94. The Morgan fingerprint density at radius 2 is 1.43 bits per heavy atom. The van der Waals surface area contributed by atoms with Crippen molar-refractivity contribution in [2.75, 3.05) is 6.26 Å². The monoisotopic (exact) mass is 333 g/mol. The van der Waals surface area contributed by atoms with Gasteiger partial charge in [0.25, 0.3) is 0 Å². The van der Waals surface area contributed by atoms with E-state index in [4.69, 9.17) is 0 Å². The van der Waals surface area contributed by atoms with Crippen LogP contribution < -0.4 is 4.72 Å². The molecule has 8 heteroatoms. The molecule has 1 fully saturated rings. The molecule has 1 saturated carbocycles. The number of rotatable bonds is 4. The molecule has 0 saturated heterocycles. The Labute approximate surface area is 125 Å². The van der Waals surface area contributed by atoms with Gasteiger partial charge in [-0.3, -0.25) is 0 Å². The number of sulfone groups is 1. The van der Waals surface area contributed by atoms with Crippen molar-refractivity contribution in [2.45, 2.75) is 47.6 Å². The van der Waals surface area contributed by atoms with Gasteiger partial charge in [-0.05, 0) is 49.9 Å². The van der Waals surface area contributed by atoms with Gasteiger partial charge in [-0.25, -0.2) is 21.6 Å². The molecule has 2 N–H and O–H groups in total. The molecule has 1 aromatic rings. The summed E-state index contributed by atoms with van der Waals surface area (Å²) in [6.45, 7) is 0. The molecule has 6 nitrogen and oxygen atoms in total. The van der Waals surface area contributed by atoms with Crippen LogP contribution in [-0.2, 0) is 19.9 Å². The summed E-state index contributed by atoms with van der Waals surface area (Å²) >= 11 is 0. The molecule has 0 heterocycles. The van der Waals surface area contributed by atoms with Gasteiger partial charge in [-0.1, -0.05) is 0 Å². The predicted octanol–water partition coefficient (Wildman–Crippen LogP) is 0.672. The van der Waals surface area contributed by atoms with Crippen molar-refractivity contribution in [1.82, 2.24) is 4.72 Å². The van der Waals surface area contributed by atoms with Gasteiger partial charge in [0.05, 0.1) is 15.9 Å². The Hall–Kier alpha value is -0.960. The number of hydrogen-bond donors (Lipinski definition) is 2. The fourth-order valence-electron chi connectivity index (χ4n) is 2.35. The highest BCUT2D eigenvalue weighted by Gasteiger charge is 2.25. The molecule has 21 heavy (non-hydrogen) atoms. The smallest absolute Gasteiger partial charge is 0.240 e. The zero-order valence-electron chi connectivity index (χ0n) is 11.7. The van der Waals surface area contributed by atoms with Crippen molar-refractivity contribution in [3.63, 3.8) is 0 Å². The van der Waals surface area contributed by atoms with E-state index >= 15 is 0 Å². The Kier molecular flexibility index (Phi) is 4.72. The number of hydrogen-bond acceptors (Lipinski definition) is 5. The third kappa shape index (κ3) is 4.26. The van der Waals surface area contributed by atoms with Crippen LogP contribution in [-0.4, -0.2) is 40.3 Å². The fraction of sp³-hybridized carbons (Fsp3) is 0.538. The van der Waals surface area contributed by atoms with Crippen molar-refractivity contribution in [1.29, 1.82) is 0 Å². The topological polar surface area (TPSA) is 101 Å². The quantitative estimate of drug-likeness (QED) is 0.843. The van der Waals surface area contributed by atoms with E-state index < -0.39 is 19.9 Å². The number of sulfonamides is 1. The van der Waals surface area contributed by atoms with Gasteiger partial charge >= 0.3 is 0 Å². The highest BCUT2D eigenvalue weighted by molar-refractivity contribution is 7.90. The molecule has 0 atom stereocenters. The molecule has 0 unspecified atom stereocenters. The van der Waals surface area contributed by atoms with Crippen LogP contribution in [0.2, 0.25) is 0 Å². The van der Waals surface area contributed by atoms with Gasteiger partial charge in [0.2, 0.25) is 10.0 Å². The summed E-state index contributed by atoms with van der Waals surface area (Å²) < 4.78 is 49.7. The molecule has 0 spiro atoms. The molecule has 0 radical (unpaired) electrons. The van der Waals surface area contributed by atoms with Crippen LogP contribution in [0.3, 0.4) is 0 Å². The Bertz CT molecular complexity index is 687. The van der Waals surface area contributed by atoms with Gasteiger partial charge in [0, 0.05) is 12.3 Å². The van der Waals surface area contributed by atoms with Crippen LogP contribution in [0.5, 0.6) is 0 Å². The van der Waals surface area contributed by atoms with E-state index in [-0.39, 0.29) is 21.9 Å². The number of aliphatic hydroxyl groups excluding tert-OH is 1. The van der Waals surface area contributed by atoms with Gasteiger partial charge in [-0.2, -0.15) is 0 Å². The Morgan fingerprint density at radius 1 is 0.952 bits per heavy atom. The second-order valence-electron chi connectivity index (χ2n) is 5.37. The zero-order chi connectivity index (χ0) is 15.7. The third-order valence-corrected chi connectivity index (χ3v) is 6.25. The SMILES string of the molecule is CS(=O)(=O)c1ccc(S(=O)(=O)NC2CCC(O)CC2)cc1. The molecule has 118 valence electrons. The van der Waals surface area contributed by atoms with Crippen LogP contribution in [0, 0.1) is 0 Å². The molecule has 1 aromatic carbocycles. The van der Waals surface area contributed by atoms with E-state index in [1.165, 1.54) is 24.3 Å². The Morgan fingerprint density at radius 3 is 1.90 bits per heavy atom. The molecule has 2 rings (SSSR count). The summed E-state index contributed by atoms with van der Waals surface area (Å²) in [5.74, 6) is 0. The standard InChI is InChI=1S/C13H19NO5S2/c1-20(16,17)12-6-8-13(9-7-12)21(18,19)14-10-2-4-11(15)5-3-10/h6-11,14-15H,2-5H2,1H3. The second kappa shape index (κ2) is 6.04. The minimum Gasteiger partial charge on any atom is -0.393 e. The van der Waals surface area contributed by atoms with Crippen molar-refractivity contribution < 1.29 is 21.9 Å². The summed E-state index contributed by atoms with van der Waals surface area (Å²) in [5.41, 5.74) is 0. The summed E-state index contributed by atoms with van der Waals surface area (Å²) in [4.78, 5) is 0.128.